The number of allylic oxidation sites excluding steroid dienone is 1. The van der Waals surface area contributed by atoms with E-state index in [4.69, 9.17) is 12.1 Å². The van der Waals surface area contributed by atoms with Crippen molar-refractivity contribution in [2.75, 3.05) is 0 Å². The summed E-state index contributed by atoms with van der Waals surface area (Å²) in [4.78, 5) is 0. The molecule has 0 N–H and O–H groups in total. The van der Waals surface area contributed by atoms with E-state index >= 15 is 0 Å². The average Bonchev–Trinajstić information content (AvgIpc) is 1.38. The molecular weight excluding hydrogens is 153 g/mol. The third-order valence-electron chi connectivity index (χ3n) is 0.158. The van der Waals surface area contributed by atoms with E-state index in [9.17, 15) is 0 Å². The fourth-order valence-corrected chi connectivity index (χ4v) is 0. The van der Waals surface area contributed by atoms with E-state index in [1.165, 1.54) is 6.92 Å². The van der Waals surface area contributed by atoms with Gasteiger partial charge >= 0.3 is 0 Å². The fourth-order valence-electron chi connectivity index (χ4n) is 0. The number of hydrogen-bond acceptors (Lipinski definition) is 1. The molecule has 0 atom stereocenters. The summed E-state index contributed by atoms with van der Waals surface area (Å²) in [7, 11) is 0. The molecule has 2 nitrogen and oxygen atoms in total. The topological polar surface area (TPSA) is 34.7 Å². The van der Waals surface area contributed by atoms with Crippen molar-refractivity contribution in [2.24, 2.45) is 5.11 Å². The first-order valence-electron chi connectivity index (χ1n) is 1.21. The minimum atomic E-state index is 0. The Morgan fingerprint density at radius 2 is 2.00 bits per heavy atom. The zero-order chi connectivity index (χ0) is 4.28. The molecule has 0 saturated carbocycles. The van der Waals surface area contributed by atoms with Gasteiger partial charge in [-0.25, -0.2) is 0 Å². The molecule has 0 aliphatic carbocycles. The maximum atomic E-state index is 7.61. The Labute approximate surface area is 62.4 Å². The summed E-state index contributed by atoms with van der Waals surface area (Å²) in [5, 5.41) is 2.58. The molecule has 0 unspecified atom stereocenters. The van der Waals surface area contributed by atoms with E-state index in [-0.39, 0.29) is 38.4 Å². The SMILES string of the molecule is [CH-]=C(C)N=[N-].[Y]. The van der Waals surface area contributed by atoms with Crippen molar-refractivity contribution >= 4 is 0 Å². The van der Waals surface area contributed by atoms with Crippen LogP contribution >= 0.6 is 0 Å². The third-order valence-corrected chi connectivity index (χ3v) is 0.158. The van der Waals surface area contributed by atoms with Crippen molar-refractivity contribution in [3.8, 4) is 0 Å². The molecule has 0 bridgehead atoms. The minimum Gasteiger partial charge on any atom is -0.710 e. The molecule has 0 rings (SSSR count). The van der Waals surface area contributed by atoms with E-state index in [2.05, 4.69) is 5.11 Å². The summed E-state index contributed by atoms with van der Waals surface area (Å²) >= 11 is 0. The Hall–Kier alpha value is 0.444. The number of rotatable bonds is 1. The molecule has 3 heteroatoms. The Morgan fingerprint density at radius 1 is 1.83 bits per heavy atom. The fraction of sp³-hybridized carbons (Fsp3) is 0.333. The smallest absolute Gasteiger partial charge is 0 e. The van der Waals surface area contributed by atoms with Gasteiger partial charge in [-0.05, 0) is 0 Å². The predicted molar refractivity (Wildman–Crippen MR) is 19.3 cm³/mol. The molecule has 0 spiro atoms. The van der Waals surface area contributed by atoms with Gasteiger partial charge in [0.05, 0.1) is 0 Å². The summed E-state index contributed by atoms with van der Waals surface area (Å²) in [5.41, 5.74) is 7.79. The molecule has 0 aliphatic rings. The van der Waals surface area contributed by atoms with Crippen LogP contribution in [0.25, 0.3) is 5.53 Å². The van der Waals surface area contributed by atoms with Crippen LogP contribution in [0.15, 0.2) is 10.8 Å². The zero-order valence-corrected chi connectivity index (χ0v) is 6.39. The number of nitrogens with zero attached hydrogens (tertiary/aromatic N) is 2. The molecule has 0 amide bonds. The van der Waals surface area contributed by atoms with Gasteiger partial charge in [0.25, 0.3) is 0 Å². The van der Waals surface area contributed by atoms with Crippen LogP contribution in [-0.4, -0.2) is 0 Å². The Morgan fingerprint density at radius 3 is 2.00 bits per heavy atom. The predicted octanol–water partition coefficient (Wildman–Crippen LogP) is 1.34. The molecule has 0 aromatic carbocycles. The van der Waals surface area contributed by atoms with Crippen LogP contribution in [0.4, 0.5) is 0 Å². The summed E-state index contributed by atoms with van der Waals surface area (Å²) in [5.74, 6) is 0. The van der Waals surface area contributed by atoms with Crippen molar-refractivity contribution in [1.82, 2.24) is 0 Å². The maximum absolute atomic E-state index is 7.61. The Bertz CT molecular complexity index is 59.8. The van der Waals surface area contributed by atoms with E-state index in [0.29, 0.717) is 0 Å². The van der Waals surface area contributed by atoms with Gasteiger partial charge in [-0.3, -0.25) is 0 Å². The average molecular weight is 157 g/mol. The van der Waals surface area contributed by atoms with Crippen molar-refractivity contribution in [2.45, 2.75) is 6.92 Å². The van der Waals surface area contributed by atoms with Crippen molar-refractivity contribution in [3.63, 3.8) is 0 Å². The second kappa shape index (κ2) is 5.44. The summed E-state index contributed by atoms with van der Waals surface area (Å²) in [6, 6.07) is 0. The minimum absolute atomic E-state index is 0. The molecule has 0 aromatic rings. The quantitative estimate of drug-likeness (QED) is 0.406. The molecule has 1 radical (unpaired) electrons. The van der Waals surface area contributed by atoms with E-state index in [1.54, 1.807) is 0 Å². The van der Waals surface area contributed by atoms with Gasteiger partial charge in [-0.2, -0.15) is 5.70 Å². The Balaban J connectivity index is 0. The van der Waals surface area contributed by atoms with Crippen LogP contribution in [0.1, 0.15) is 6.92 Å². The van der Waals surface area contributed by atoms with Gasteiger partial charge in [0.1, 0.15) is 0 Å². The summed E-state index contributed by atoms with van der Waals surface area (Å²) in [6.07, 6.45) is 0. The van der Waals surface area contributed by atoms with Crippen molar-refractivity contribution in [1.29, 1.82) is 0 Å². The molecule has 31 valence electrons. The molecular formula is C3H4N2Y-2. The van der Waals surface area contributed by atoms with Crippen LogP contribution in [-0.2, 0) is 32.7 Å². The first-order valence-corrected chi connectivity index (χ1v) is 1.21. The Kier molecular flexibility index (Phi) is 8.77. The molecule has 0 saturated heterocycles. The largest absolute Gasteiger partial charge is 0.710 e. The molecule has 0 aliphatic heterocycles. The number of hydrogen-bond donors (Lipinski definition) is 0. The maximum Gasteiger partial charge on any atom is 0 e. The van der Waals surface area contributed by atoms with Crippen LogP contribution < -0.4 is 0 Å². The second-order valence-electron chi connectivity index (χ2n) is 0.741. The first-order chi connectivity index (χ1) is 2.27. The second-order valence-corrected chi connectivity index (χ2v) is 0.741. The standard InChI is InChI=1S/C3H4N2.Y/c1-3(2)5-4;/h1H,2H3;/q-2;. The van der Waals surface area contributed by atoms with Gasteiger partial charge in [0.2, 0.25) is 0 Å². The third kappa shape index (κ3) is 8.82. The van der Waals surface area contributed by atoms with Crippen LogP contribution in [0, 0.1) is 6.58 Å². The van der Waals surface area contributed by atoms with E-state index in [0.717, 1.165) is 0 Å². The van der Waals surface area contributed by atoms with Gasteiger partial charge in [-0.15, -0.1) is 0 Å². The van der Waals surface area contributed by atoms with Gasteiger partial charge in [0, 0.05) is 32.7 Å². The molecule has 0 aromatic heterocycles. The first kappa shape index (κ1) is 9.67. The van der Waals surface area contributed by atoms with Gasteiger partial charge in [0.15, 0.2) is 0 Å². The van der Waals surface area contributed by atoms with Gasteiger partial charge < -0.3 is 17.2 Å². The summed E-state index contributed by atoms with van der Waals surface area (Å²) in [6.45, 7) is 6.29. The normalized spacial score (nSPS) is 5.50. The van der Waals surface area contributed by atoms with E-state index in [1.807, 2.05) is 0 Å². The van der Waals surface area contributed by atoms with Crippen LogP contribution in [0.2, 0.25) is 0 Å². The summed E-state index contributed by atoms with van der Waals surface area (Å²) < 4.78 is 0. The van der Waals surface area contributed by atoms with Crippen molar-refractivity contribution in [3.05, 3.63) is 17.8 Å². The van der Waals surface area contributed by atoms with E-state index < -0.39 is 0 Å². The van der Waals surface area contributed by atoms with Crippen molar-refractivity contribution < 1.29 is 32.7 Å². The molecule has 6 heavy (non-hydrogen) atoms. The molecule has 0 fully saturated rings. The zero-order valence-electron chi connectivity index (χ0n) is 3.55. The monoisotopic (exact) mass is 157 g/mol. The van der Waals surface area contributed by atoms with Crippen LogP contribution in [0.5, 0.6) is 0 Å². The molecule has 0 heterocycles. The van der Waals surface area contributed by atoms with Gasteiger partial charge in [-0.1, -0.05) is 6.92 Å². The van der Waals surface area contributed by atoms with Crippen LogP contribution in [0.3, 0.4) is 0 Å².